The summed E-state index contributed by atoms with van der Waals surface area (Å²) in [6.07, 6.45) is 0.806. The maximum atomic E-state index is 12.4. The van der Waals surface area contributed by atoms with E-state index < -0.39 is 0 Å². The molecule has 0 bridgehead atoms. The second-order valence-electron chi connectivity index (χ2n) is 4.16. The first-order valence-corrected chi connectivity index (χ1v) is 6.50. The first-order valence-electron chi connectivity index (χ1n) is 6.06. The molecule has 0 heterocycles. The third-order valence-corrected chi connectivity index (χ3v) is 3.48. The summed E-state index contributed by atoms with van der Waals surface area (Å²) in [5.74, 6) is 0.0327. The summed E-state index contributed by atoms with van der Waals surface area (Å²) >= 11 is 6.28. The molecule has 0 aliphatic carbocycles. The lowest BCUT2D eigenvalue weighted by molar-refractivity contribution is 0.103. The molecule has 1 atom stereocenters. The van der Waals surface area contributed by atoms with E-state index in [0.29, 0.717) is 11.1 Å². The van der Waals surface area contributed by atoms with E-state index in [4.69, 9.17) is 11.6 Å². The number of alkyl halides is 1. The molecule has 0 spiro atoms. The van der Waals surface area contributed by atoms with Crippen LogP contribution in [0.5, 0.6) is 0 Å². The van der Waals surface area contributed by atoms with Gasteiger partial charge in [0.15, 0.2) is 5.78 Å². The Morgan fingerprint density at radius 2 is 1.67 bits per heavy atom. The van der Waals surface area contributed by atoms with Gasteiger partial charge in [0.1, 0.15) is 0 Å². The molecule has 0 saturated heterocycles. The van der Waals surface area contributed by atoms with Gasteiger partial charge in [0.05, 0.1) is 5.38 Å². The Bertz CT molecular complexity index is 534. The number of carbonyl (C=O) groups excluding carboxylic acids is 1. The topological polar surface area (TPSA) is 17.1 Å². The van der Waals surface area contributed by atoms with Gasteiger partial charge in [-0.2, -0.15) is 0 Å². The Hall–Kier alpha value is -1.60. The van der Waals surface area contributed by atoms with Crippen molar-refractivity contribution in [3.63, 3.8) is 0 Å². The van der Waals surface area contributed by atoms with Crippen LogP contribution in [0.4, 0.5) is 0 Å². The minimum atomic E-state index is -0.117. The summed E-state index contributed by atoms with van der Waals surface area (Å²) in [6, 6.07) is 16.9. The highest BCUT2D eigenvalue weighted by atomic mass is 35.5. The molecule has 0 saturated carbocycles. The van der Waals surface area contributed by atoms with Gasteiger partial charge in [-0.1, -0.05) is 61.5 Å². The van der Waals surface area contributed by atoms with Crippen molar-refractivity contribution in [3.05, 3.63) is 71.3 Å². The summed E-state index contributed by atoms with van der Waals surface area (Å²) in [7, 11) is 0. The minimum absolute atomic E-state index is 0.0327. The molecule has 0 aromatic heterocycles. The fourth-order valence-electron chi connectivity index (χ4n) is 1.94. The van der Waals surface area contributed by atoms with E-state index in [1.54, 1.807) is 0 Å². The van der Waals surface area contributed by atoms with Gasteiger partial charge < -0.3 is 0 Å². The molecule has 2 aromatic carbocycles. The van der Waals surface area contributed by atoms with Crippen LogP contribution in [-0.4, -0.2) is 5.78 Å². The van der Waals surface area contributed by atoms with E-state index in [-0.39, 0.29) is 11.2 Å². The Morgan fingerprint density at radius 1 is 1.06 bits per heavy atom. The van der Waals surface area contributed by atoms with Crippen LogP contribution in [0.2, 0.25) is 0 Å². The normalized spacial score (nSPS) is 12.1. The molecule has 2 rings (SSSR count). The van der Waals surface area contributed by atoms with Crippen molar-refractivity contribution in [1.82, 2.24) is 0 Å². The zero-order valence-corrected chi connectivity index (χ0v) is 11.0. The van der Waals surface area contributed by atoms with Crippen molar-refractivity contribution < 1.29 is 4.79 Å². The van der Waals surface area contributed by atoms with Crippen LogP contribution in [0.3, 0.4) is 0 Å². The first kappa shape index (κ1) is 12.8. The number of halogens is 1. The molecule has 2 heteroatoms. The quantitative estimate of drug-likeness (QED) is 0.578. The van der Waals surface area contributed by atoms with E-state index in [0.717, 1.165) is 12.0 Å². The van der Waals surface area contributed by atoms with Gasteiger partial charge in [0.2, 0.25) is 0 Å². The van der Waals surface area contributed by atoms with Gasteiger partial charge in [0.25, 0.3) is 0 Å². The maximum absolute atomic E-state index is 12.4. The fourth-order valence-corrected chi connectivity index (χ4v) is 2.13. The summed E-state index contributed by atoms with van der Waals surface area (Å²) in [4.78, 5) is 12.4. The molecular weight excluding hydrogens is 244 g/mol. The van der Waals surface area contributed by atoms with Crippen molar-refractivity contribution >= 4 is 17.4 Å². The molecule has 92 valence electrons. The molecule has 0 N–H and O–H groups in total. The number of hydrogen-bond donors (Lipinski definition) is 0. The van der Waals surface area contributed by atoms with Gasteiger partial charge in [-0.15, -0.1) is 11.6 Å². The van der Waals surface area contributed by atoms with Gasteiger partial charge in [0, 0.05) is 11.1 Å². The molecule has 0 radical (unpaired) electrons. The monoisotopic (exact) mass is 258 g/mol. The third kappa shape index (κ3) is 2.62. The smallest absolute Gasteiger partial charge is 0.193 e. The lowest BCUT2D eigenvalue weighted by Crippen LogP contribution is -2.06. The summed E-state index contributed by atoms with van der Waals surface area (Å²) in [6.45, 7) is 2.02. The molecule has 18 heavy (non-hydrogen) atoms. The van der Waals surface area contributed by atoms with Gasteiger partial charge in [-0.05, 0) is 12.0 Å². The molecule has 1 nitrogen and oxygen atoms in total. The molecule has 0 amide bonds. The summed E-state index contributed by atoms with van der Waals surface area (Å²) in [5, 5.41) is -0.117. The van der Waals surface area contributed by atoms with E-state index in [1.807, 2.05) is 61.5 Å². The average molecular weight is 259 g/mol. The van der Waals surface area contributed by atoms with Crippen molar-refractivity contribution in [3.8, 4) is 0 Å². The minimum Gasteiger partial charge on any atom is -0.289 e. The van der Waals surface area contributed by atoms with E-state index in [9.17, 15) is 4.79 Å². The standard InChI is InChI=1S/C16H15ClO/c1-2-15(17)13-10-6-7-11-14(13)16(18)12-8-4-3-5-9-12/h3-11,15H,2H2,1H3. The van der Waals surface area contributed by atoms with Crippen LogP contribution in [0.25, 0.3) is 0 Å². The second kappa shape index (κ2) is 5.83. The second-order valence-corrected chi connectivity index (χ2v) is 4.69. The molecule has 0 fully saturated rings. The molecule has 0 aliphatic heterocycles. The zero-order chi connectivity index (χ0) is 13.0. The predicted molar refractivity (Wildman–Crippen MR) is 75.2 cm³/mol. The molecular formula is C16H15ClO. The number of rotatable bonds is 4. The van der Waals surface area contributed by atoms with Crippen molar-refractivity contribution in [2.45, 2.75) is 18.7 Å². The fraction of sp³-hybridized carbons (Fsp3) is 0.188. The van der Waals surface area contributed by atoms with Gasteiger partial charge in [-0.3, -0.25) is 4.79 Å². The highest BCUT2D eigenvalue weighted by Crippen LogP contribution is 2.28. The van der Waals surface area contributed by atoms with Gasteiger partial charge in [-0.25, -0.2) is 0 Å². The highest BCUT2D eigenvalue weighted by molar-refractivity contribution is 6.22. The maximum Gasteiger partial charge on any atom is 0.193 e. The van der Waals surface area contributed by atoms with Crippen LogP contribution < -0.4 is 0 Å². The SMILES string of the molecule is CCC(Cl)c1ccccc1C(=O)c1ccccc1. The summed E-state index contributed by atoms with van der Waals surface area (Å²) in [5.41, 5.74) is 2.31. The van der Waals surface area contributed by atoms with Crippen molar-refractivity contribution in [2.75, 3.05) is 0 Å². The zero-order valence-electron chi connectivity index (χ0n) is 10.3. The lowest BCUT2D eigenvalue weighted by Gasteiger charge is -2.12. The Balaban J connectivity index is 2.43. The summed E-state index contributed by atoms with van der Waals surface area (Å²) < 4.78 is 0. The number of benzene rings is 2. The molecule has 0 aliphatic rings. The Morgan fingerprint density at radius 3 is 2.33 bits per heavy atom. The molecule has 2 aromatic rings. The van der Waals surface area contributed by atoms with Crippen molar-refractivity contribution in [1.29, 1.82) is 0 Å². The number of carbonyl (C=O) groups is 1. The van der Waals surface area contributed by atoms with Crippen LogP contribution in [0.15, 0.2) is 54.6 Å². The largest absolute Gasteiger partial charge is 0.289 e. The number of ketones is 1. The molecule has 1 unspecified atom stereocenters. The van der Waals surface area contributed by atoms with E-state index >= 15 is 0 Å². The average Bonchev–Trinajstić information content (AvgIpc) is 2.46. The predicted octanol–water partition coefficient (Wildman–Crippen LogP) is 4.61. The highest BCUT2D eigenvalue weighted by Gasteiger charge is 2.16. The first-order chi connectivity index (χ1) is 8.74. The van der Waals surface area contributed by atoms with Crippen LogP contribution in [-0.2, 0) is 0 Å². The lowest BCUT2D eigenvalue weighted by atomic mass is 9.96. The van der Waals surface area contributed by atoms with Crippen LogP contribution in [0.1, 0.15) is 40.2 Å². The van der Waals surface area contributed by atoms with Crippen molar-refractivity contribution in [2.24, 2.45) is 0 Å². The third-order valence-electron chi connectivity index (χ3n) is 2.94. The van der Waals surface area contributed by atoms with Gasteiger partial charge >= 0.3 is 0 Å². The van der Waals surface area contributed by atoms with Crippen LogP contribution in [0, 0.1) is 0 Å². The Kier molecular flexibility index (Phi) is 4.16. The van der Waals surface area contributed by atoms with E-state index in [1.165, 1.54) is 0 Å². The number of hydrogen-bond acceptors (Lipinski definition) is 1. The van der Waals surface area contributed by atoms with E-state index in [2.05, 4.69) is 0 Å². The van der Waals surface area contributed by atoms with Crippen LogP contribution >= 0.6 is 11.6 Å². The Labute approximate surface area is 112 Å².